The van der Waals surface area contributed by atoms with Crippen molar-refractivity contribution >= 4 is 5.97 Å². The van der Waals surface area contributed by atoms with Gasteiger partial charge in [0.2, 0.25) is 6.23 Å². The molecule has 0 heterocycles. The largest absolute Gasteiger partial charge is 1.00 e. The van der Waals surface area contributed by atoms with Gasteiger partial charge in [-0.2, -0.15) is 0 Å². The molecule has 0 N–H and O–H groups in total. The molecule has 0 saturated carbocycles. The van der Waals surface area contributed by atoms with E-state index in [0.717, 1.165) is 12.8 Å². The Balaban J connectivity index is 0. The SMILES string of the molecule is C=CC(=O)OC(CCCCCCCCCC)[N+](C)(C)C.[Br-]. The number of ether oxygens (including phenoxy) is 1. The van der Waals surface area contributed by atoms with Crippen molar-refractivity contribution in [1.29, 1.82) is 0 Å². The van der Waals surface area contributed by atoms with Crippen LogP contribution < -0.4 is 17.0 Å². The third-order valence-electron chi connectivity index (χ3n) is 3.59. The highest BCUT2D eigenvalue weighted by Gasteiger charge is 2.26. The molecule has 21 heavy (non-hydrogen) atoms. The van der Waals surface area contributed by atoms with E-state index in [9.17, 15) is 4.79 Å². The van der Waals surface area contributed by atoms with E-state index in [1.807, 2.05) is 0 Å². The number of rotatable bonds is 12. The third-order valence-corrected chi connectivity index (χ3v) is 3.59. The first-order valence-corrected chi connectivity index (χ1v) is 8.06. The molecule has 0 radical (unpaired) electrons. The summed E-state index contributed by atoms with van der Waals surface area (Å²) in [6.07, 6.45) is 12.5. The average Bonchev–Trinajstić information content (AvgIpc) is 2.38. The number of hydrogen-bond donors (Lipinski definition) is 0. The molecule has 0 aromatic rings. The molecular weight excluding hydrogens is 330 g/mol. The summed E-state index contributed by atoms with van der Waals surface area (Å²) in [7, 11) is 6.18. The molecule has 0 bridgehead atoms. The minimum atomic E-state index is -0.317. The molecule has 1 atom stereocenters. The zero-order valence-electron chi connectivity index (χ0n) is 14.4. The molecule has 126 valence electrons. The van der Waals surface area contributed by atoms with E-state index in [2.05, 4.69) is 34.6 Å². The predicted octanol–water partition coefficient (Wildman–Crippen LogP) is 1.28. The quantitative estimate of drug-likeness (QED) is 0.172. The third kappa shape index (κ3) is 13.1. The van der Waals surface area contributed by atoms with Gasteiger partial charge >= 0.3 is 5.97 Å². The summed E-state index contributed by atoms with van der Waals surface area (Å²) >= 11 is 0. The van der Waals surface area contributed by atoms with E-state index in [1.54, 1.807) is 0 Å². The molecule has 0 saturated heterocycles. The van der Waals surface area contributed by atoms with Crippen molar-refractivity contribution in [3.63, 3.8) is 0 Å². The maximum Gasteiger partial charge on any atom is 0.334 e. The Hall–Kier alpha value is -0.350. The Morgan fingerprint density at radius 1 is 1.05 bits per heavy atom. The highest BCUT2D eigenvalue weighted by atomic mass is 79.9. The van der Waals surface area contributed by atoms with Crippen molar-refractivity contribution in [2.75, 3.05) is 21.1 Å². The summed E-state index contributed by atoms with van der Waals surface area (Å²) in [5.74, 6) is -0.317. The minimum Gasteiger partial charge on any atom is -1.00 e. The fraction of sp³-hybridized carbons (Fsp3) is 0.824. The van der Waals surface area contributed by atoms with Gasteiger partial charge in [0.1, 0.15) is 0 Å². The Kier molecular flexibility index (Phi) is 14.5. The monoisotopic (exact) mass is 363 g/mol. The summed E-state index contributed by atoms with van der Waals surface area (Å²) < 4.78 is 6.09. The predicted molar refractivity (Wildman–Crippen MR) is 85.3 cm³/mol. The highest BCUT2D eigenvalue weighted by Crippen LogP contribution is 2.16. The van der Waals surface area contributed by atoms with Crippen molar-refractivity contribution in [2.45, 2.75) is 70.9 Å². The lowest BCUT2D eigenvalue weighted by Gasteiger charge is -2.32. The molecule has 0 aliphatic rings. The molecule has 0 amide bonds. The van der Waals surface area contributed by atoms with Crippen LogP contribution in [0.4, 0.5) is 0 Å². The Bertz CT molecular complexity index is 274. The van der Waals surface area contributed by atoms with Crippen LogP contribution in [0.3, 0.4) is 0 Å². The Morgan fingerprint density at radius 2 is 1.52 bits per heavy atom. The van der Waals surface area contributed by atoms with Crippen LogP contribution in [0, 0.1) is 0 Å². The first-order chi connectivity index (χ1) is 9.41. The number of carbonyl (C=O) groups is 1. The lowest BCUT2D eigenvalue weighted by molar-refractivity contribution is -0.917. The normalized spacial score (nSPS) is 12.4. The van der Waals surface area contributed by atoms with Crippen LogP contribution in [0.15, 0.2) is 12.7 Å². The Morgan fingerprint density at radius 3 is 1.95 bits per heavy atom. The number of unbranched alkanes of at least 4 members (excludes halogenated alkanes) is 7. The molecule has 0 aliphatic heterocycles. The van der Waals surface area contributed by atoms with Gasteiger partial charge in [0.05, 0.1) is 21.1 Å². The molecule has 0 aromatic carbocycles. The molecule has 0 spiro atoms. The molecule has 0 aromatic heterocycles. The minimum absolute atomic E-state index is 0. The maximum absolute atomic E-state index is 11.4. The molecule has 1 unspecified atom stereocenters. The molecule has 0 aliphatic carbocycles. The van der Waals surface area contributed by atoms with Crippen LogP contribution in [0.1, 0.15) is 64.7 Å². The van der Waals surface area contributed by atoms with Gasteiger partial charge in [-0.25, -0.2) is 4.79 Å². The number of carbonyl (C=O) groups excluding carboxylic acids is 1. The van der Waals surface area contributed by atoms with E-state index in [4.69, 9.17) is 4.74 Å². The molecule has 3 nitrogen and oxygen atoms in total. The van der Waals surface area contributed by atoms with Crippen LogP contribution in [0.25, 0.3) is 0 Å². The fourth-order valence-electron chi connectivity index (χ4n) is 2.24. The first kappa shape index (κ1) is 22.9. The van der Waals surface area contributed by atoms with Gasteiger partial charge in [0.25, 0.3) is 0 Å². The topological polar surface area (TPSA) is 26.3 Å². The van der Waals surface area contributed by atoms with Gasteiger partial charge < -0.3 is 21.7 Å². The van der Waals surface area contributed by atoms with E-state index in [0.29, 0.717) is 4.48 Å². The van der Waals surface area contributed by atoms with Gasteiger partial charge in [-0.3, -0.25) is 4.48 Å². The van der Waals surface area contributed by atoms with Gasteiger partial charge in [-0.15, -0.1) is 0 Å². The summed E-state index contributed by atoms with van der Waals surface area (Å²) in [5.41, 5.74) is 0. The summed E-state index contributed by atoms with van der Waals surface area (Å²) in [5, 5.41) is 0. The zero-order chi connectivity index (χ0) is 15.4. The van der Waals surface area contributed by atoms with Crippen molar-refractivity contribution in [3.8, 4) is 0 Å². The second-order valence-electron chi connectivity index (χ2n) is 6.48. The lowest BCUT2D eigenvalue weighted by Crippen LogP contribution is -3.00. The van der Waals surface area contributed by atoms with E-state index < -0.39 is 0 Å². The van der Waals surface area contributed by atoms with Gasteiger partial charge in [0, 0.05) is 12.5 Å². The number of quaternary nitrogens is 1. The smallest absolute Gasteiger partial charge is 0.334 e. The molecule has 0 rings (SSSR count). The maximum atomic E-state index is 11.4. The number of halogens is 1. The van der Waals surface area contributed by atoms with Crippen molar-refractivity contribution in [2.24, 2.45) is 0 Å². The second-order valence-corrected chi connectivity index (χ2v) is 6.48. The fourth-order valence-corrected chi connectivity index (χ4v) is 2.24. The second kappa shape index (κ2) is 13.3. The highest BCUT2D eigenvalue weighted by molar-refractivity contribution is 5.81. The average molecular weight is 364 g/mol. The van der Waals surface area contributed by atoms with E-state index in [1.165, 1.54) is 51.0 Å². The van der Waals surface area contributed by atoms with Crippen molar-refractivity contribution in [1.82, 2.24) is 0 Å². The summed E-state index contributed by atoms with van der Waals surface area (Å²) in [6.45, 7) is 5.70. The zero-order valence-corrected chi connectivity index (χ0v) is 16.0. The molecule has 0 fully saturated rings. The van der Waals surface area contributed by atoms with Gasteiger partial charge in [-0.1, -0.05) is 58.4 Å². The summed E-state index contributed by atoms with van der Waals surface area (Å²) in [6, 6.07) is 0. The number of hydrogen-bond acceptors (Lipinski definition) is 2. The standard InChI is InChI=1S/C17H34NO2.BrH/c1-6-8-9-10-11-12-13-14-15-16(18(3,4)5)20-17(19)7-2;/h7,16H,2,6,8-15H2,1,3-5H3;1H/q+1;/p-1. The van der Waals surface area contributed by atoms with Gasteiger partial charge in [0.15, 0.2) is 0 Å². The van der Waals surface area contributed by atoms with E-state index in [-0.39, 0.29) is 29.2 Å². The van der Waals surface area contributed by atoms with Crippen LogP contribution >= 0.6 is 0 Å². The van der Waals surface area contributed by atoms with Crippen LogP contribution in [-0.2, 0) is 9.53 Å². The van der Waals surface area contributed by atoms with Crippen LogP contribution in [0.2, 0.25) is 0 Å². The molecule has 4 heteroatoms. The first-order valence-electron chi connectivity index (χ1n) is 8.06. The van der Waals surface area contributed by atoms with Crippen molar-refractivity contribution < 1.29 is 31.0 Å². The van der Waals surface area contributed by atoms with Gasteiger partial charge in [-0.05, 0) is 6.42 Å². The van der Waals surface area contributed by atoms with Crippen molar-refractivity contribution in [3.05, 3.63) is 12.7 Å². The molecular formula is C17H34BrNO2. The lowest BCUT2D eigenvalue weighted by atomic mass is 10.1. The summed E-state index contributed by atoms with van der Waals surface area (Å²) in [4.78, 5) is 11.4. The number of esters is 1. The Labute approximate surface area is 142 Å². The van der Waals surface area contributed by atoms with Crippen LogP contribution in [0.5, 0.6) is 0 Å². The number of nitrogens with zero attached hydrogens (tertiary/aromatic N) is 1. The van der Waals surface area contributed by atoms with E-state index >= 15 is 0 Å². The van der Waals surface area contributed by atoms with Crippen LogP contribution in [-0.4, -0.2) is 37.8 Å².